The van der Waals surface area contributed by atoms with Crippen molar-refractivity contribution < 1.29 is 18.0 Å². The van der Waals surface area contributed by atoms with Crippen molar-refractivity contribution in [2.24, 2.45) is 0 Å². The number of amides is 1. The zero-order chi connectivity index (χ0) is 20.3. The maximum atomic E-state index is 12.6. The van der Waals surface area contributed by atoms with E-state index in [1.807, 2.05) is 0 Å². The highest BCUT2D eigenvalue weighted by Crippen LogP contribution is 2.27. The Morgan fingerprint density at radius 1 is 1.18 bits per heavy atom. The van der Waals surface area contributed by atoms with Crippen molar-refractivity contribution in [3.8, 4) is 0 Å². The molecule has 28 heavy (non-hydrogen) atoms. The van der Waals surface area contributed by atoms with Crippen molar-refractivity contribution in [3.05, 3.63) is 35.4 Å². The minimum atomic E-state index is -4.55. The van der Waals surface area contributed by atoms with E-state index in [4.69, 9.17) is 0 Å². The molecule has 0 spiro atoms. The van der Waals surface area contributed by atoms with E-state index in [1.165, 1.54) is 0 Å². The first-order valence-electron chi connectivity index (χ1n) is 8.73. The third kappa shape index (κ3) is 4.65. The SMILES string of the molecule is CN(C)c1nc(CNC(=O)c2ccc(C(F)(F)F)nc2)nc(N2CCCC2)n1. The maximum absolute atomic E-state index is 12.6. The second-order valence-corrected chi connectivity index (χ2v) is 6.55. The first kappa shape index (κ1) is 19.8. The van der Waals surface area contributed by atoms with Crippen LogP contribution in [0.15, 0.2) is 18.3 Å². The van der Waals surface area contributed by atoms with E-state index in [0.29, 0.717) is 17.7 Å². The van der Waals surface area contributed by atoms with Crippen molar-refractivity contribution in [1.82, 2.24) is 25.3 Å². The lowest BCUT2D eigenvalue weighted by atomic mass is 10.2. The monoisotopic (exact) mass is 395 g/mol. The molecule has 2 aromatic rings. The topological polar surface area (TPSA) is 87.1 Å². The van der Waals surface area contributed by atoms with Crippen molar-refractivity contribution in [1.29, 1.82) is 0 Å². The highest BCUT2D eigenvalue weighted by Gasteiger charge is 2.32. The van der Waals surface area contributed by atoms with Gasteiger partial charge in [0.1, 0.15) is 5.69 Å². The molecule has 1 N–H and O–H groups in total. The standard InChI is InChI=1S/C17H20F3N7O/c1-26(2)15-23-13(24-16(25-15)27-7-3-4-8-27)10-22-14(28)11-5-6-12(21-9-11)17(18,19)20/h5-6,9H,3-4,7-8,10H2,1-2H3,(H,22,28). The zero-order valence-corrected chi connectivity index (χ0v) is 15.5. The molecule has 3 rings (SSSR count). The molecule has 1 fully saturated rings. The Morgan fingerprint density at radius 2 is 1.89 bits per heavy atom. The van der Waals surface area contributed by atoms with Crippen LogP contribution in [-0.4, -0.2) is 53.0 Å². The number of hydrogen-bond acceptors (Lipinski definition) is 7. The molecule has 0 aliphatic carbocycles. The van der Waals surface area contributed by atoms with Gasteiger partial charge in [0, 0.05) is 33.4 Å². The van der Waals surface area contributed by atoms with Gasteiger partial charge in [-0.05, 0) is 25.0 Å². The van der Waals surface area contributed by atoms with E-state index in [9.17, 15) is 18.0 Å². The molecule has 1 aliphatic rings. The van der Waals surface area contributed by atoms with Crippen LogP contribution in [0.5, 0.6) is 0 Å². The van der Waals surface area contributed by atoms with Gasteiger partial charge in [-0.25, -0.2) is 0 Å². The maximum Gasteiger partial charge on any atom is 0.433 e. The predicted octanol–water partition coefficient (Wildman–Crippen LogP) is 1.88. The van der Waals surface area contributed by atoms with Crippen LogP contribution in [0.1, 0.15) is 34.7 Å². The van der Waals surface area contributed by atoms with Crippen LogP contribution in [0.25, 0.3) is 0 Å². The molecule has 0 unspecified atom stereocenters. The molecule has 1 amide bonds. The fourth-order valence-corrected chi connectivity index (χ4v) is 2.69. The molecule has 0 aromatic carbocycles. The average molecular weight is 395 g/mol. The number of rotatable bonds is 5. The first-order valence-corrected chi connectivity index (χ1v) is 8.73. The summed E-state index contributed by atoms with van der Waals surface area (Å²) < 4.78 is 37.7. The predicted molar refractivity (Wildman–Crippen MR) is 96.0 cm³/mol. The highest BCUT2D eigenvalue weighted by atomic mass is 19.4. The molecule has 3 heterocycles. The average Bonchev–Trinajstić information content (AvgIpc) is 3.20. The molecule has 0 radical (unpaired) electrons. The van der Waals surface area contributed by atoms with Gasteiger partial charge in [0.15, 0.2) is 5.82 Å². The number of pyridine rings is 1. The molecule has 0 saturated carbocycles. The van der Waals surface area contributed by atoms with E-state index in [2.05, 4.69) is 30.2 Å². The van der Waals surface area contributed by atoms with Crippen LogP contribution in [0.4, 0.5) is 25.1 Å². The lowest BCUT2D eigenvalue weighted by Gasteiger charge is -2.19. The number of hydrogen-bond donors (Lipinski definition) is 1. The van der Waals surface area contributed by atoms with Gasteiger partial charge >= 0.3 is 6.18 Å². The first-order chi connectivity index (χ1) is 13.2. The molecular formula is C17H20F3N7O. The zero-order valence-electron chi connectivity index (χ0n) is 15.5. The summed E-state index contributed by atoms with van der Waals surface area (Å²) >= 11 is 0. The second-order valence-electron chi connectivity index (χ2n) is 6.55. The largest absolute Gasteiger partial charge is 0.433 e. The summed E-state index contributed by atoms with van der Waals surface area (Å²) in [6.07, 6.45) is -1.52. The highest BCUT2D eigenvalue weighted by molar-refractivity contribution is 5.93. The molecule has 1 saturated heterocycles. The summed E-state index contributed by atoms with van der Waals surface area (Å²) in [5.41, 5.74) is -1.03. The number of nitrogens with zero attached hydrogens (tertiary/aromatic N) is 6. The Labute approximate surface area is 159 Å². The molecule has 2 aromatic heterocycles. The number of carbonyl (C=O) groups is 1. The lowest BCUT2D eigenvalue weighted by Crippen LogP contribution is -2.27. The van der Waals surface area contributed by atoms with Gasteiger partial charge in [0.25, 0.3) is 5.91 Å². The van der Waals surface area contributed by atoms with E-state index < -0.39 is 17.8 Å². The van der Waals surface area contributed by atoms with Gasteiger partial charge in [-0.15, -0.1) is 0 Å². The second kappa shape index (κ2) is 7.95. The van der Waals surface area contributed by atoms with Gasteiger partial charge in [-0.2, -0.15) is 28.1 Å². The molecule has 11 heteroatoms. The Bertz CT molecular complexity index is 834. The van der Waals surface area contributed by atoms with Crippen molar-refractivity contribution in [2.45, 2.75) is 25.6 Å². The fraction of sp³-hybridized carbons (Fsp3) is 0.471. The molecular weight excluding hydrogens is 375 g/mol. The van der Waals surface area contributed by atoms with Crippen LogP contribution in [0, 0.1) is 0 Å². The number of aromatic nitrogens is 4. The van der Waals surface area contributed by atoms with Crippen LogP contribution in [0.3, 0.4) is 0 Å². The summed E-state index contributed by atoms with van der Waals surface area (Å²) in [4.78, 5) is 32.5. The molecule has 0 atom stereocenters. The summed E-state index contributed by atoms with van der Waals surface area (Å²) in [5, 5.41) is 2.61. The molecule has 150 valence electrons. The van der Waals surface area contributed by atoms with Crippen molar-refractivity contribution in [2.75, 3.05) is 37.0 Å². The minimum Gasteiger partial charge on any atom is -0.347 e. The van der Waals surface area contributed by atoms with Crippen LogP contribution < -0.4 is 15.1 Å². The van der Waals surface area contributed by atoms with Crippen molar-refractivity contribution in [3.63, 3.8) is 0 Å². The lowest BCUT2D eigenvalue weighted by molar-refractivity contribution is -0.141. The van der Waals surface area contributed by atoms with Crippen LogP contribution in [0.2, 0.25) is 0 Å². The van der Waals surface area contributed by atoms with E-state index >= 15 is 0 Å². The van der Waals surface area contributed by atoms with E-state index in [-0.39, 0.29) is 12.1 Å². The number of nitrogens with one attached hydrogen (secondary N) is 1. The fourth-order valence-electron chi connectivity index (χ4n) is 2.69. The number of halogens is 3. The summed E-state index contributed by atoms with van der Waals surface area (Å²) in [7, 11) is 3.61. The summed E-state index contributed by atoms with van der Waals surface area (Å²) in [6.45, 7) is 1.74. The minimum absolute atomic E-state index is 0.0179. The van der Waals surface area contributed by atoms with E-state index in [0.717, 1.165) is 44.3 Å². The number of carbonyl (C=O) groups excluding carboxylic acids is 1. The van der Waals surface area contributed by atoms with Crippen LogP contribution >= 0.6 is 0 Å². The summed E-state index contributed by atoms with van der Waals surface area (Å²) in [6, 6.07) is 1.85. The third-order valence-electron chi connectivity index (χ3n) is 4.17. The van der Waals surface area contributed by atoms with E-state index in [1.54, 1.807) is 19.0 Å². The van der Waals surface area contributed by atoms with Crippen LogP contribution in [-0.2, 0) is 12.7 Å². The van der Waals surface area contributed by atoms with Crippen molar-refractivity contribution >= 4 is 17.8 Å². The van der Waals surface area contributed by atoms with Gasteiger partial charge < -0.3 is 15.1 Å². The van der Waals surface area contributed by atoms with Gasteiger partial charge in [0.2, 0.25) is 11.9 Å². The Morgan fingerprint density at radius 3 is 2.46 bits per heavy atom. The van der Waals surface area contributed by atoms with Gasteiger partial charge in [0.05, 0.1) is 12.1 Å². The smallest absolute Gasteiger partial charge is 0.347 e. The van der Waals surface area contributed by atoms with Gasteiger partial charge in [-0.1, -0.05) is 0 Å². The number of alkyl halides is 3. The number of anilines is 2. The molecule has 0 bridgehead atoms. The Hall–Kier alpha value is -2.98. The quantitative estimate of drug-likeness (QED) is 0.827. The Kier molecular flexibility index (Phi) is 5.61. The third-order valence-corrected chi connectivity index (χ3v) is 4.17. The van der Waals surface area contributed by atoms with Gasteiger partial charge in [-0.3, -0.25) is 9.78 Å². The molecule has 8 nitrogen and oxygen atoms in total. The normalized spacial score (nSPS) is 14.2. The summed E-state index contributed by atoms with van der Waals surface area (Å²) in [5.74, 6) is 0.832. The molecule has 1 aliphatic heterocycles. The Balaban J connectivity index is 1.71.